The highest BCUT2D eigenvalue weighted by atomic mass is 32.2. The summed E-state index contributed by atoms with van der Waals surface area (Å²) < 4.78 is 1.98. The van der Waals surface area contributed by atoms with Crippen molar-refractivity contribution in [3.63, 3.8) is 0 Å². The standard InChI is InChI=1S/C11H20N4OS/c1-11(13-2,9(12)16)5-4-8-17-10-14-6-7-15(10)3/h6-7,13H,4-5,8H2,1-3H3,(H2,12,16). The minimum Gasteiger partial charge on any atom is -0.368 e. The molecule has 1 rings (SSSR count). The Kier molecular flexibility index (Phi) is 5.02. The summed E-state index contributed by atoms with van der Waals surface area (Å²) in [5.74, 6) is 0.622. The van der Waals surface area contributed by atoms with Crippen molar-refractivity contribution in [1.82, 2.24) is 14.9 Å². The summed E-state index contributed by atoms with van der Waals surface area (Å²) in [4.78, 5) is 15.5. The Bertz CT molecular complexity index is 379. The van der Waals surface area contributed by atoms with Gasteiger partial charge in [0, 0.05) is 25.2 Å². The van der Waals surface area contributed by atoms with Gasteiger partial charge in [0.25, 0.3) is 0 Å². The number of rotatable bonds is 7. The molecule has 3 N–H and O–H groups in total. The first kappa shape index (κ1) is 14.1. The van der Waals surface area contributed by atoms with Gasteiger partial charge in [0.1, 0.15) is 0 Å². The summed E-state index contributed by atoms with van der Waals surface area (Å²) in [6.45, 7) is 1.83. The SMILES string of the molecule is CNC(C)(CCCSc1nccn1C)C(N)=O. The number of nitrogens with one attached hydrogen (secondary N) is 1. The van der Waals surface area contributed by atoms with Crippen LogP contribution in [0.25, 0.3) is 0 Å². The second-order valence-electron chi connectivity index (χ2n) is 4.22. The number of aromatic nitrogens is 2. The number of hydrogen-bond donors (Lipinski definition) is 2. The molecule has 1 unspecified atom stereocenters. The number of carbonyl (C=O) groups excluding carboxylic acids is 1. The van der Waals surface area contributed by atoms with Crippen LogP contribution < -0.4 is 11.1 Å². The Balaban J connectivity index is 2.33. The lowest BCUT2D eigenvalue weighted by Gasteiger charge is -2.25. The molecular formula is C11H20N4OS. The second kappa shape index (κ2) is 6.07. The van der Waals surface area contributed by atoms with Gasteiger partial charge < -0.3 is 15.6 Å². The van der Waals surface area contributed by atoms with Crippen LogP contribution in [0.15, 0.2) is 17.6 Å². The average Bonchev–Trinajstić information content (AvgIpc) is 2.70. The van der Waals surface area contributed by atoms with Gasteiger partial charge >= 0.3 is 0 Å². The molecule has 0 aliphatic carbocycles. The normalized spacial score (nSPS) is 14.5. The first-order valence-corrected chi connectivity index (χ1v) is 6.57. The first-order valence-electron chi connectivity index (χ1n) is 5.58. The third-order valence-corrected chi connectivity index (χ3v) is 4.07. The van der Waals surface area contributed by atoms with Crippen molar-refractivity contribution in [1.29, 1.82) is 0 Å². The number of thioether (sulfide) groups is 1. The molecule has 0 radical (unpaired) electrons. The fraction of sp³-hybridized carbons (Fsp3) is 0.636. The van der Waals surface area contributed by atoms with Gasteiger partial charge in [-0.15, -0.1) is 0 Å². The summed E-state index contributed by atoms with van der Waals surface area (Å²) in [6.07, 6.45) is 5.35. The number of aryl methyl sites for hydroxylation is 1. The molecular weight excluding hydrogens is 236 g/mol. The quantitative estimate of drug-likeness (QED) is 0.558. The maximum absolute atomic E-state index is 11.3. The molecule has 96 valence electrons. The number of nitrogens with two attached hydrogens (primary N) is 1. The van der Waals surface area contributed by atoms with Crippen molar-refractivity contribution < 1.29 is 4.79 Å². The van der Waals surface area contributed by atoms with Crippen LogP contribution in [0.1, 0.15) is 19.8 Å². The number of nitrogens with zero attached hydrogens (tertiary/aromatic N) is 2. The van der Waals surface area contributed by atoms with Crippen molar-refractivity contribution in [2.75, 3.05) is 12.8 Å². The lowest BCUT2D eigenvalue weighted by atomic mass is 9.96. The van der Waals surface area contributed by atoms with E-state index < -0.39 is 5.54 Å². The number of likely N-dealkylation sites (N-methyl/N-ethyl adjacent to an activating group) is 1. The summed E-state index contributed by atoms with van der Waals surface area (Å²) in [5.41, 5.74) is 4.75. The average molecular weight is 256 g/mol. The molecule has 5 nitrogen and oxygen atoms in total. The van der Waals surface area contributed by atoms with Crippen molar-refractivity contribution in [3.8, 4) is 0 Å². The molecule has 1 aromatic rings. The molecule has 0 aliphatic rings. The van der Waals surface area contributed by atoms with Gasteiger partial charge in [-0.05, 0) is 26.8 Å². The third-order valence-electron chi connectivity index (χ3n) is 2.92. The monoisotopic (exact) mass is 256 g/mol. The van der Waals surface area contributed by atoms with Crippen LogP contribution in [0, 0.1) is 0 Å². The number of amides is 1. The largest absolute Gasteiger partial charge is 0.368 e. The van der Waals surface area contributed by atoms with Crippen LogP contribution in [0.2, 0.25) is 0 Å². The fourth-order valence-electron chi connectivity index (χ4n) is 1.45. The van der Waals surface area contributed by atoms with Crippen molar-refractivity contribution in [2.24, 2.45) is 12.8 Å². The smallest absolute Gasteiger partial charge is 0.237 e. The molecule has 0 bridgehead atoms. The number of hydrogen-bond acceptors (Lipinski definition) is 4. The lowest BCUT2D eigenvalue weighted by molar-refractivity contribution is -0.123. The van der Waals surface area contributed by atoms with E-state index in [9.17, 15) is 4.79 Å². The van der Waals surface area contributed by atoms with Crippen LogP contribution in [-0.4, -0.2) is 33.8 Å². The number of imidazole rings is 1. The predicted molar refractivity (Wildman–Crippen MR) is 69.8 cm³/mol. The predicted octanol–water partition coefficient (Wildman–Crippen LogP) is 0.756. The topological polar surface area (TPSA) is 72.9 Å². The van der Waals surface area contributed by atoms with Gasteiger partial charge in [-0.25, -0.2) is 4.98 Å². The van der Waals surface area contributed by atoms with Crippen molar-refractivity contribution in [2.45, 2.75) is 30.5 Å². The molecule has 1 heterocycles. The zero-order chi connectivity index (χ0) is 12.9. The molecule has 1 aromatic heterocycles. The van der Waals surface area contributed by atoms with E-state index in [1.807, 2.05) is 24.7 Å². The second-order valence-corrected chi connectivity index (χ2v) is 5.28. The van der Waals surface area contributed by atoms with E-state index in [2.05, 4.69) is 10.3 Å². The molecule has 17 heavy (non-hydrogen) atoms. The zero-order valence-electron chi connectivity index (χ0n) is 10.6. The van der Waals surface area contributed by atoms with Crippen molar-refractivity contribution >= 4 is 17.7 Å². The van der Waals surface area contributed by atoms with E-state index in [1.165, 1.54) is 0 Å². The van der Waals surface area contributed by atoms with Crippen LogP contribution in [0.4, 0.5) is 0 Å². The summed E-state index contributed by atoms with van der Waals surface area (Å²) >= 11 is 1.69. The molecule has 0 aromatic carbocycles. The highest BCUT2D eigenvalue weighted by Crippen LogP contribution is 2.19. The minimum atomic E-state index is -0.609. The summed E-state index contributed by atoms with van der Waals surface area (Å²) in [5, 5.41) is 3.97. The van der Waals surface area contributed by atoms with Crippen LogP contribution >= 0.6 is 11.8 Å². The Morgan fingerprint density at radius 3 is 2.88 bits per heavy atom. The zero-order valence-corrected chi connectivity index (χ0v) is 11.4. The Hall–Kier alpha value is -1.01. The van der Waals surface area contributed by atoms with Gasteiger partial charge in [-0.1, -0.05) is 11.8 Å². The number of primary amides is 1. The molecule has 0 fully saturated rings. The Morgan fingerprint density at radius 1 is 1.71 bits per heavy atom. The molecule has 0 spiro atoms. The van der Waals surface area contributed by atoms with Crippen molar-refractivity contribution in [3.05, 3.63) is 12.4 Å². The van der Waals surface area contributed by atoms with Crippen LogP contribution in [0.5, 0.6) is 0 Å². The van der Waals surface area contributed by atoms with E-state index in [4.69, 9.17) is 5.73 Å². The highest BCUT2D eigenvalue weighted by molar-refractivity contribution is 7.99. The van der Waals surface area contributed by atoms with Gasteiger partial charge in [-0.2, -0.15) is 0 Å². The van der Waals surface area contributed by atoms with Crippen LogP contribution in [0.3, 0.4) is 0 Å². The van der Waals surface area contributed by atoms with E-state index in [0.717, 1.165) is 23.8 Å². The Morgan fingerprint density at radius 2 is 2.41 bits per heavy atom. The molecule has 0 aliphatic heterocycles. The van der Waals surface area contributed by atoms with Crippen LogP contribution in [-0.2, 0) is 11.8 Å². The maximum Gasteiger partial charge on any atom is 0.237 e. The van der Waals surface area contributed by atoms with Gasteiger partial charge in [0.15, 0.2) is 5.16 Å². The Labute approximate surface area is 106 Å². The lowest BCUT2D eigenvalue weighted by Crippen LogP contribution is -2.51. The van der Waals surface area contributed by atoms with E-state index >= 15 is 0 Å². The minimum absolute atomic E-state index is 0.304. The summed E-state index contributed by atoms with van der Waals surface area (Å²) in [7, 11) is 3.73. The van der Waals surface area contributed by atoms with E-state index in [0.29, 0.717) is 0 Å². The molecule has 0 saturated heterocycles. The summed E-state index contributed by atoms with van der Waals surface area (Å²) in [6, 6.07) is 0. The molecule has 1 atom stereocenters. The number of carbonyl (C=O) groups is 1. The fourth-order valence-corrected chi connectivity index (χ4v) is 2.32. The third kappa shape index (κ3) is 3.74. The molecule has 1 amide bonds. The first-order chi connectivity index (χ1) is 7.99. The molecule has 6 heteroatoms. The van der Waals surface area contributed by atoms with Gasteiger partial charge in [-0.3, -0.25) is 4.79 Å². The molecule has 0 saturated carbocycles. The van der Waals surface area contributed by atoms with E-state index in [1.54, 1.807) is 25.0 Å². The highest BCUT2D eigenvalue weighted by Gasteiger charge is 2.27. The van der Waals surface area contributed by atoms with E-state index in [-0.39, 0.29) is 5.91 Å². The maximum atomic E-state index is 11.3. The van der Waals surface area contributed by atoms with Gasteiger partial charge in [0.2, 0.25) is 5.91 Å². The van der Waals surface area contributed by atoms with Gasteiger partial charge in [0.05, 0.1) is 5.54 Å².